The van der Waals surface area contributed by atoms with Crippen LogP contribution in [0.2, 0.25) is 5.02 Å². The molecule has 92 valence electrons. The zero-order valence-corrected chi connectivity index (χ0v) is 10.4. The van der Waals surface area contributed by atoms with Gasteiger partial charge in [-0.1, -0.05) is 24.6 Å². The predicted octanol–water partition coefficient (Wildman–Crippen LogP) is 3.11. The Morgan fingerprint density at radius 3 is 2.59 bits per heavy atom. The van der Waals surface area contributed by atoms with Crippen molar-refractivity contribution in [3.05, 3.63) is 28.3 Å². The van der Waals surface area contributed by atoms with Crippen molar-refractivity contribution in [2.24, 2.45) is 0 Å². The van der Waals surface area contributed by atoms with E-state index in [4.69, 9.17) is 16.7 Å². The second kappa shape index (κ2) is 4.22. The number of rotatable bonds is 4. The van der Waals surface area contributed by atoms with Crippen LogP contribution in [0.5, 0.6) is 5.75 Å². The molecule has 4 heteroatoms. The molecule has 0 aromatic heterocycles. The summed E-state index contributed by atoms with van der Waals surface area (Å²) >= 11 is 5.97. The molecule has 0 unspecified atom stereocenters. The molecule has 1 aromatic carbocycles. The number of halogens is 1. The fourth-order valence-electron chi connectivity index (χ4n) is 2.25. The predicted molar refractivity (Wildman–Crippen MR) is 65.7 cm³/mol. The van der Waals surface area contributed by atoms with Gasteiger partial charge in [0.2, 0.25) is 0 Å². The summed E-state index contributed by atoms with van der Waals surface area (Å²) in [6.07, 6.45) is 2.48. The number of benzene rings is 1. The molecule has 0 saturated heterocycles. The summed E-state index contributed by atoms with van der Waals surface area (Å²) in [4.78, 5) is 10.9. The van der Waals surface area contributed by atoms with E-state index in [2.05, 4.69) is 0 Å². The van der Waals surface area contributed by atoms with E-state index >= 15 is 0 Å². The van der Waals surface area contributed by atoms with E-state index in [9.17, 15) is 9.90 Å². The minimum Gasteiger partial charge on any atom is -0.506 e. The van der Waals surface area contributed by atoms with Gasteiger partial charge in [0.15, 0.2) is 0 Å². The molecule has 0 radical (unpaired) electrons. The molecule has 1 saturated carbocycles. The highest BCUT2D eigenvalue weighted by Crippen LogP contribution is 2.55. The van der Waals surface area contributed by atoms with Crippen molar-refractivity contribution in [3.8, 4) is 5.75 Å². The number of aryl methyl sites for hydroxylation is 1. The summed E-state index contributed by atoms with van der Waals surface area (Å²) in [6.45, 7) is 2.00. The maximum atomic E-state index is 10.9. The zero-order valence-electron chi connectivity index (χ0n) is 9.66. The van der Waals surface area contributed by atoms with Crippen molar-refractivity contribution in [1.82, 2.24) is 0 Å². The van der Waals surface area contributed by atoms with Crippen LogP contribution in [0.3, 0.4) is 0 Å². The third-order valence-corrected chi connectivity index (χ3v) is 3.73. The molecule has 1 fully saturated rings. The van der Waals surface area contributed by atoms with Gasteiger partial charge in [-0.05, 0) is 30.9 Å². The van der Waals surface area contributed by atoms with Crippen LogP contribution < -0.4 is 0 Å². The van der Waals surface area contributed by atoms with Crippen LogP contribution in [-0.2, 0) is 16.6 Å². The molecule has 0 amide bonds. The summed E-state index contributed by atoms with van der Waals surface area (Å²) < 4.78 is 0. The van der Waals surface area contributed by atoms with Gasteiger partial charge in [-0.2, -0.15) is 0 Å². The van der Waals surface area contributed by atoms with E-state index < -0.39 is 11.4 Å². The third-order valence-electron chi connectivity index (χ3n) is 3.45. The van der Waals surface area contributed by atoms with Crippen LogP contribution in [0, 0.1) is 0 Å². The molecule has 0 bridgehead atoms. The Hall–Kier alpha value is -1.22. The lowest BCUT2D eigenvalue weighted by Crippen LogP contribution is -2.13. The molecule has 0 atom stereocenters. The van der Waals surface area contributed by atoms with Gasteiger partial charge >= 0.3 is 5.97 Å². The summed E-state index contributed by atoms with van der Waals surface area (Å²) in [7, 11) is 0. The van der Waals surface area contributed by atoms with Gasteiger partial charge in [-0.3, -0.25) is 4.79 Å². The van der Waals surface area contributed by atoms with Crippen LogP contribution in [0.1, 0.15) is 37.3 Å². The molecule has 3 nitrogen and oxygen atoms in total. The van der Waals surface area contributed by atoms with Crippen molar-refractivity contribution < 1.29 is 15.0 Å². The van der Waals surface area contributed by atoms with Gasteiger partial charge in [-0.15, -0.1) is 0 Å². The molecule has 1 aliphatic carbocycles. The van der Waals surface area contributed by atoms with E-state index in [0.717, 1.165) is 24.8 Å². The fraction of sp³-hybridized carbons (Fsp3) is 0.462. The second-order valence-electron chi connectivity index (χ2n) is 4.68. The first kappa shape index (κ1) is 12.2. The zero-order chi connectivity index (χ0) is 12.6. The first-order valence-corrected chi connectivity index (χ1v) is 6.10. The SMILES string of the molecule is CCc1cc(Cl)c(O)c(C2(CC(=O)O)CC2)c1. The highest BCUT2D eigenvalue weighted by atomic mass is 35.5. The first-order valence-electron chi connectivity index (χ1n) is 5.72. The van der Waals surface area contributed by atoms with Crippen LogP contribution >= 0.6 is 11.6 Å². The molecule has 0 aliphatic heterocycles. The molecular formula is C13H15ClO3. The van der Waals surface area contributed by atoms with Gasteiger partial charge in [0.1, 0.15) is 5.75 Å². The van der Waals surface area contributed by atoms with E-state index in [1.807, 2.05) is 13.0 Å². The van der Waals surface area contributed by atoms with Crippen molar-refractivity contribution in [2.45, 2.75) is 38.0 Å². The van der Waals surface area contributed by atoms with E-state index in [-0.39, 0.29) is 12.2 Å². The normalized spacial score (nSPS) is 16.8. The van der Waals surface area contributed by atoms with E-state index in [1.54, 1.807) is 6.07 Å². The maximum absolute atomic E-state index is 10.9. The highest BCUT2D eigenvalue weighted by Gasteiger charge is 2.48. The number of phenols is 1. The van der Waals surface area contributed by atoms with Crippen LogP contribution in [0.25, 0.3) is 0 Å². The number of hydrogen-bond acceptors (Lipinski definition) is 2. The van der Waals surface area contributed by atoms with E-state index in [0.29, 0.717) is 10.6 Å². The Kier molecular flexibility index (Phi) is 3.04. The molecule has 2 N–H and O–H groups in total. The Morgan fingerprint density at radius 2 is 2.12 bits per heavy atom. The van der Waals surface area contributed by atoms with E-state index in [1.165, 1.54) is 0 Å². The van der Waals surface area contributed by atoms with Gasteiger partial charge < -0.3 is 10.2 Å². The number of carbonyl (C=O) groups is 1. The average molecular weight is 255 g/mol. The van der Waals surface area contributed by atoms with Crippen LogP contribution in [0.4, 0.5) is 0 Å². The van der Waals surface area contributed by atoms with Gasteiger partial charge in [0, 0.05) is 11.0 Å². The lowest BCUT2D eigenvalue weighted by Gasteiger charge is -2.17. The van der Waals surface area contributed by atoms with Crippen LogP contribution in [-0.4, -0.2) is 16.2 Å². The van der Waals surface area contributed by atoms with Crippen molar-refractivity contribution in [3.63, 3.8) is 0 Å². The fourth-order valence-corrected chi connectivity index (χ4v) is 2.49. The summed E-state index contributed by atoms with van der Waals surface area (Å²) in [5.74, 6) is -0.789. The quantitative estimate of drug-likeness (QED) is 0.868. The van der Waals surface area contributed by atoms with Gasteiger partial charge in [0.25, 0.3) is 0 Å². The molecule has 1 aromatic rings. The minimum absolute atomic E-state index is 0.0441. The molecule has 0 spiro atoms. The second-order valence-corrected chi connectivity index (χ2v) is 5.09. The number of aliphatic carboxylic acids is 1. The first-order chi connectivity index (χ1) is 7.98. The molecule has 0 heterocycles. The van der Waals surface area contributed by atoms with Crippen molar-refractivity contribution in [2.75, 3.05) is 0 Å². The molecule has 17 heavy (non-hydrogen) atoms. The lowest BCUT2D eigenvalue weighted by atomic mass is 9.90. The highest BCUT2D eigenvalue weighted by molar-refractivity contribution is 6.32. The average Bonchev–Trinajstić information content (AvgIpc) is 3.01. The summed E-state index contributed by atoms with van der Waals surface area (Å²) in [5.41, 5.74) is 1.33. The Morgan fingerprint density at radius 1 is 1.47 bits per heavy atom. The smallest absolute Gasteiger partial charge is 0.304 e. The topological polar surface area (TPSA) is 57.5 Å². The molecular weight excluding hydrogens is 240 g/mol. The summed E-state index contributed by atoms with van der Waals surface area (Å²) in [6, 6.07) is 3.62. The van der Waals surface area contributed by atoms with Crippen LogP contribution in [0.15, 0.2) is 12.1 Å². The van der Waals surface area contributed by atoms with Crippen molar-refractivity contribution >= 4 is 17.6 Å². The number of phenolic OH excluding ortho intramolecular Hbond substituents is 1. The largest absolute Gasteiger partial charge is 0.506 e. The maximum Gasteiger partial charge on any atom is 0.304 e. The third kappa shape index (κ3) is 2.25. The Labute approximate surface area is 105 Å². The Bertz CT molecular complexity index is 464. The lowest BCUT2D eigenvalue weighted by molar-refractivity contribution is -0.137. The number of aromatic hydroxyl groups is 1. The number of carboxylic acid groups (broad SMARTS) is 1. The number of carboxylic acids is 1. The Balaban J connectivity index is 2.44. The standard InChI is InChI=1S/C13H15ClO3/c1-2-8-5-9(12(17)10(14)6-8)13(3-4-13)7-11(15)16/h5-6,17H,2-4,7H2,1H3,(H,15,16). The molecule has 2 rings (SSSR count). The number of hydrogen-bond donors (Lipinski definition) is 2. The van der Waals surface area contributed by atoms with Crippen molar-refractivity contribution in [1.29, 1.82) is 0 Å². The molecule has 1 aliphatic rings. The summed E-state index contributed by atoms with van der Waals surface area (Å²) in [5, 5.41) is 19.2. The van der Waals surface area contributed by atoms with Gasteiger partial charge in [-0.25, -0.2) is 0 Å². The van der Waals surface area contributed by atoms with Gasteiger partial charge in [0.05, 0.1) is 11.4 Å². The minimum atomic E-state index is -0.833. The monoisotopic (exact) mass is 254 g/mol.